The first-order valence-electron chi connectivity index (χ1n) is 15.7. The Kier molecular flexibility index (Phi) is 6.32. The van der Waals surface area contributed by atoms with Crippen molar-refractivity contribution in [3.05, 3.63) is 175 Å². The van der Waals surface area contributed by atoms with Gasteiger partial charge < -0.3 is 9.13 Å². The van der Waals surface area contributed by atoms with Crippen LogP contribution in [0.25, 0.3) is 66.1 Å². The van der Waals surface area contributed by atoms with Gasteiger partial charge in [-0.05, 0) is 83.3 Å². The molecule has 0 amide bonds. The largest absolute Gasteiger partial charge is 0.309 e. The van der Waals surface area contributed by atoms with E-state index in [9.17, 15) is 0 Å². The van der Waals surface area contributed by atoms with Crippen molar-refractivity contribution < 1.29 is 0 Å². The highest BCUT2D eigenvalue weighted by Gasteiger charge is 2.20. The molecule has 0 unspecified atom stereocenters. The van der Waals surface area contributed by atoms with E-state index in [-0.39, 0.29) is 0 Å². The van der Waals surface area contributed by atoms with Gasteiger partial charge in [-0.3, -0.25) is 0 Å². The van der Waals surface area contributed by atoms with E-state index < -0.39 is 0 Å². The van der Waals surface area contributed by atoms with Gasteiger partial charge in [-0.25, -0.2) is 0 Å². The summed E-state index contributed by atoms with van der Waals surface area (Å²) in [5.41, 5.74) is 12.0. The average molecular weight is 607 g/mol. The van der Waals surface area contributed by atoms with Crippen LogP contribution in [0.5, 0.6) is 0 Å². The minimum Gasteiger partial charge on any atom is -0.309 e. The van der Waals surface area contributed by atoms with E-state index in [4.69, 9.17) is 12.6 Å². The third kappa shape index (κ3) is 4.28. The normalized spacial score (nSPS) is 11.7. The summed E-state index contributed by atoms with van der Waals surface area (Å²) in [6.45, 7) is 0. The molecule has 0 spiro atoms. The number of benzene rings is 7. The summed E-state index contributed by atoms with van der Waals surface area (Å²) in [4.78, 5) is 1.01. The van der Waals surface area contributed by atoms with Crippen molar-refractivity contribution in [1.82, 2.24) is 9.13 Å². The van der Waals surface area contributed by atoms with Crippen molar-refractivity contribution in [1.29, 1.82) is 0 Å². The van der Waals surface area contributed by atoms with Crippen LogP contribution in [0, 0.1) is 0 Å². The van der Waals surface area contributed by atoms with Crippen molar-refractivity contribution in [2.75, 3.05) is 0 Å². The molecule has 218 valence electrons. The molecule has 9 aromatic rings. The van der Waals surface area contributed by atoms with Gasteiger partial charge in [-0.1, -0.05) is 109 Å². The molecule has 2 nitrogen and oxygen atoms in total. The minimum atomic E-state index is 0.872. The van der Waals surface area contributed by atoms with Crippen LogP contribution in [-0.4, -0.2) is 9.13 Å². The van der Waals surface area contributed by atoms with Crippen molar-refractivity contribution in [3.63, 3.8) is 0 Å². The molecule has 7 aromatic carbocycles. The molecule has 2 aromatic heterocycles. The lowest BCUT2D eigenvalue weighted by molar-refractivity contribution is 1.13. The quantitative estimate of drug-likeness (QED) is 0.187. The maximum absolute atomic E-state index is 4.92. The molecule has 0 bridgehead atoms. The first kappa shape index (κ1) is 26.9. The van der Waals surface area contributed by atoms with Crippen LogP contribution in [0.15, 0.2) is 169 Å². The number of hydrogen-bond acceptors (Lipinski definition) is 1. The Morgan fingerprint density at radius 3 is 1.61 bits per heavy atom. The van der Waals surface area contributed by atoms with Gasteiger partial charge >= 0.3 is 0 Å². The molecule has 0 aliphatic carbocycles. The van der Waals surface area contributed by atoms with Gasteiger partial charge in [0, 0.05) is 37.8 Å². The molecule has 0 radical (unpaired) electrons. The maximum Gasteiger partial charge on any atom is 0.0548 e. The van der Waals surface area contributed by atoms with E-state index in [2.05, 4.69) is 173 Å². The Labute approximate surface area is 273 Å². The van der Waals surface area contributed by atoms with Crippen LogP contribution in [-0.2, 0) is 6.42 Å². The molecule has 0 N–H and O–H groups in total. The highest BCUT2D eigenvalue weighted by molar-refractivity contribution is 7.80. The Morgan fingerprint density at radius 1 is 0.413 bits per heavy atom. The van der Waals surface area contributed by atoms with Gasteiger partial charge in [-0.15, -0.1) is 12.6 Å². The fourth-order valence-corrected chi connectivity index (χ4v) is 7.48. The highest BCUT2D eigenvalue weighted by Crippen LogP contribution is 2.42. The lowest BCUT2D eigenvalue weighted by Gasteiger charge is -2.12. The van der Waals surface area contributed by atoms with E-state index in [0.29, 0.717) is 0 Å². The molecule has 0 fully saturated rings. The van der Waals surface area contributed by atoms with E-state index in [1.54, 1.807) is 0 Å². The Bertz CT molecular complexity index is 2560. The average Bonchev–Trinajstić information content (AvgIpc) is 3.63. The number of hydrogen-bond donors (Lipinski definition) is 1. The van der Waals surface area contributed by atoms with Gasteiger partial charge in [0.15, 0.2) is 0 Å². The second-order valence-corrected chi connectivity index (χ2v) is 12.4. The van der Waals surface area contributed by atoms with Crippen molar-refractivity contribution >= 4 is 56.2 Å². The number of fused-ring (bicyclic) bond motifs is 7. The first-order chi connectivity index (χ1) is 22.7. The van der Waals surface area contributed by atoms with Gasteiger partial charge in [0.1, 0.15) is 0 Å². The monoisotopic (exact) mass is 606 g/mol. The first-order valence-corrected chi connectivity index (χ1v) is 16.2. The third-order valence-electron chi connectivity index (χ3n) is 9.25. The number of nitrogens with zero attached hydrogens (tertiary/aromatic N) is 2. The van der Waals surface area contributed by atoms with Crippen molar-refractivity contribution in [2.45, 2.75) is 11.3 Å². The van der Waals surface area contributed by atoms with Gasteiger partial charge in [0.2, 0.25) is 0 Å². The number of aromatic nitrogens is 2. The summed E-state index contributed by atoms with van der Waals surface area (Å²) in [6.07, 6.45) is 0.872. The molecule has 0 aliphatic heterocycles. The molecule has 9 rings (SSSR count). The summed E-state index contributed by atoms with van der Waals surface area (Å²) in [5, 5.41) is 5.09. The highest BCUT2D eigenvalue weighted by atomic mass is 32.1. The smallest absolute Gasteiger partial charge is 0.0548 e. The molecular formula is C43H30N2S. The van der Waals surface area contributed by atoms with Crippen LogP contribution in [0.1, 0.15) is 11.1 Å². The summed E-state index contributed by atoms with van der Waals surface area (Å²) < 4.78 is 4.82. The Balaban J connectivity index is 1.24. The van der Waals surface area contributed by atoms with Crippen LogP contribution < -0.4 is 0 Å². The minimum absolute atomic E-state index is 0.872. The Morgan fingerprint density at radius 2 is 0.957 bits per heavy atom. The lowest BCUT2D eigenvalue weighted by Crippen LogP contribution is -1.95. The van der Waals surface area contributed by atoms with Crippen LogP contribution >= 0.6 is 12.6 Å². The van der Waals surface area contributed by atoms with Crippen LogP contribution in [0.4, 0.5) is 0 Å². The van der Waals surface area contributed by atoms with Gasteiger partial charge in [0.05, 0.1) is 22.1 Å². The number of para-hydroxylation sites is 3. The van der Waals surface area contributed by atoms with Gasteiger partial charge in [0.25, 0.3) is 0 Å². The molecule has 3 heteroatoms. The Hall–Kier alpha value is -5.51. The molecular weight excluding hydrogens is 577 g/mol. The SMILES string of the molecule is Sc1cc(-c2cccc(-n3c4ccccc4c4c5c6ccccc6n(-c6ccccc6)c5ccc43)c2)ccc1Cc1ccccc1. The van der Waals surface area contributed by atoms with Crippen LogP contribution in [0.2, 0.25) is 0 Å². The van der Waals surface area contributed by atoms with Crippen molar-refractivity contribution in [3.8, 4) is 22.5 Å². The van der Waals surface area contributed by atoms with Crippen LogP contribution in [0.3, 0.4) is 0 Å². The van der Waals surface area contributed by atoms with Crippen molar-refractivity contribution in [2.24, 2.45) is 0 Å². The predicted octanol–water partition coefficient (Wildman–Crippen LogP) is 11.4. The summed E-state index contributed by atoms with van der Waals surface area (Å²) in [5.74, 6) is 0. The van der Waals surface area contributed by atoms with E-state index in [1.165, 1.54) is 66.0 Å². The topological polar surface area (TPSA) is 9.86 Å². The second-order valence-electron chi connectivity index (χ2n) is 12.0. The fraction of sp³-hybridized carbons (Fsp3) is 0.0233. The number of rotatable bonds is 5. The molecule has 0 atom stereocenters. The molecule has 0 saturated carbocycles. The number of thiol groups is 1. The van der Waals surface area contributed by atoms with E-state index in [1.807, 2.05) is 0 Å². The zero-order chi connectivity index (χ0) is 30.6. The molecule has 46 heavy (non-hydrogen) atoms. The zero-order valence-corrected chi connectivity index (χ0v) is 26.0. The zero-order valence-electron chi connectivity index (χ0n) is 25.1. The summed E-state index contributed by atoms with van der Waals surface area (Å²) in [7, 11) is 0. The predicted molar refractivity (Wildman–Crippen MR) is 197 cm³/mol. The maximum atomic E-state index is 4.92. The fourth-order valence-electron chi connectivity index (χ4n) is 7.18. The lowest BCUT2D eigenvalue weighted by atomic mass is 10.00. The summed E-state index contributed by atoms with van der Waals surface area (Å²) in [6, 6.07) is 59.0. The van der Waals surface area contributed by atoms with E-state index >= 15 is 0 Å². The second kappa shape index (κ2) is 10.8. The third-order valence-corrected chi connectivity index (χ3v) is 9.66. The molecule has 0 aliphatic rings. The molecule has 2 heterocycles. The summed E-state index contributed by atoms with van der Waals surface area (Å²) >= 11 is 4.92. The molecule has 0 saturated heterocycles. The van der Waals surface area contributed by atoms with Gasteiger partial charge in [-0.2, -0.15) is 0 Å². The van der Waals surface area contributed by atoms with E-state index in [0.717, 1.165) is 22.6 Å². The standard InChI is InChI=1S/C43H30N2S/c46-41-28-31(22-23-32(41)26-29-12-3-1-4-13-29)30-14-11-17-34(27-30)45-38-21-10-8-19-36(38)43-40(45)25-24-39-42(43)35-18-7-9-20-37(35)44(39)33-15-5-2-6-16-33/h1-25,27-28,46H,26H2.